The molecule has 0 heterocycles. The summed E-state index contributed by atoms with van der Waals surface area (Å²) in [5.41, 5.74) is 3.14. The van der Waals surface area contributed by atoms with Crippen molar-refractivity contribution in [2.75, 3.05) is 28.7 Å². The fourth-order valence-electron chi connectivity index (χ4n) is 2.29. The van der Waals surface area contributed by atoms with Crippen LogP contribution in [-0.4, -0.2) is 35.9 Å². The highest BCUT2D eigenvalue weighted by Crippen LogP contribution is 2.16. The maximum absolute atomic E-state index is 12.8. The van der Waals surface area contributed by atoms with Crippen molar-refractivity contribution in [1.29, 1.82) is 0 Å². The number of hydrogen-bond acceptors (Lipinski definition) is 5. The summed E-state index contributed by atoms with van der Waals surface area (Å²) in [6.45, 7) is 3.44. The number of carbonyl (C=O) groups is 3. The fraction of sp³-hybridized carbons (Fsp3) is 0.250. The van der Waals surface area contributed by atoms with Gasteiger partial charge in [0.2, 0.25) is 5.91 Å². The van der Waals surface area contributed by atoms with Crippen LogP contribution in [0.25, 0.3) is 0 Å². The topological polar surface area (TPSA) is 84.5 Å². The molecule has 2 amide bonds. The van der Waals surface area contributed by atoms with Gasteiger partial charge in [0.1, 0.15) is 5.82 Å². The first-order chi connectivity index (χ1) is 13.3. The highest BCUT2D eigenvalue weighted by atomic mass is 32.2. The summed E-state index contributed by atoms with van der Waals surface area (Å²) >= 11 is 1.06. The number of esters is 1. The van der Waals surface area contributed by atoms with Gasteiger partial charge in [-0.1, -0.05) is 17.7 Å². The Morgan fingerprint density at radius 1 is 0.964 bits per heavy atom. The molecule has 2 N–H and O–H groups in total. The Morgan fingerprint density at radius 3 is 2.36 bits per heavy atom. The molecule has 0 bridgehead atoms. The Labute approximate surface area is 166 Å². The van der Waals surface area contributed by atoms with E-state index in [1.807, 2.05) is 26.0 Å². The zero-order chi connectivity index (χ0) is 20.5. The van der Waals surface area contributed by atoms with Crippen molar-refractivity contribution in [3.05, 3.63) is 59.4 Å². The van der Waals surface area contributed by atoms with E-state index in [-0.39, 0.29) is 17.4 Å². The largest absolute Gasteiger partial charge is 0.455 e. The molecule has 0 unspecified atom stereocenters. The Kier molecular flexibility index (Phi) is 8.01. The van der Waals surface area contributed by atoms with E-state index in [9.17, 15) is 18.8 Å². The van der Waals surface area contributed by atoms with Gasteiger partial charge in [-0.15, -0.1) is 11.8 Å². The minimum absolute atomic E-state index is 0.0290. The summed E-state index contributed by atoms with van der Waals surface area (Å²) in [7, 11) is 0. The Hall–Kier alpha value is -2.87. The maximum atomic E-state index is 12.8. The molecule has 2 rings (SSSR count). The van der Waals surface area contributed by atoms with Crippen molar-refractivity contribution in [2.24, 2.45) is 0 Å². The van der Waals surface area contributed by atoms with Crippen LogP contribution in [0.2, 0.25) is 0 Å². The Balaban J connectivity index is 1.64. The molecule has 0 fully saturated rings. The van der Waals surface area contributed by atoms with Crippen molar-refractivity contribution in [3.63, 3.8) is 0 Å². The molecule has 148 valence electrons. The van der Waals surface area contributed by atoms with Gasteiger partial charge in [-0.2, -0.15) is 0 Å². The van der Waals surface area contributed by atoms with Gasteiger partial charge in [-0.25, -0.2) is 4.39 Å². The van der Waals surface area contributed by atoms with Crippen molar-refractivity contribution >= 4 is 40.9 Å². The Morgan fingerprint density at radius 2 is 1.68 bits per heavy atom. The minimum atomic E-state index is -0.588. The number of hydrogen-bond donors (Lipinski definition) is 2. The van der Waals surface area contributed by atoms with Gasteiger partial charge >= 0.3 is 5.97 Å². The molecular formula is C20H21FN2O4S. The van der Waals surface area contributed by atoms with Crippen molar-refractivity contribution in [2.45, 2.75) is 13.8 Å². The van der Waals surface area contributed by atoms with E-state index >= 15 is 0 Å². The van der Waals surface area contributed by atoms with Crippen molar-refractivity contribution in [3.8, 4) is 0 Å². The number of thioether (sulfide) groups is 1. The number of carbonyl (C=O) groups excluding carboxylic acids is 3. The average Bonchev–Trinajstić information content (AvgIpc) is 2.64. The monoisotopic (exact) mass is 404 g/mol. The summed E-state index contributed by atoms with van der Waals surface area (Å²) in [6, 6.07) is 11.0. The van der Waals surface area contributed by atoms with Crippen molar-refractivity contribution in [1.82, 2.24) is 0 Å². The molecule has 0 aliphatic heterocycles. The second-order valence-corrected chi connectivity index (χ2v) is 7.06. The van der Waals surface area contributed by atoms with E-state index < -0.39 is 24.3 Å². The van der Waals surface area contributed by atoms with E-state index in [1.54, 1.807) is 6.07 Å². The zero-order valence-electron chi connectivity index (χ0n) is 15.6. The normalized spacial score (nSPS) is 10.2. The SMILES string of the molecule is Cc1ccc(NC(=O)COC(=O)CSCC(=O)Nc2ccc(F)cc2)c(C)c1. The van der Waals surface area contributed by atoms with E-state index in [2.05, 4.69) is 10.6 Å². The van der Waals surface area contributed by atoms with Gasteiger partial charge in [0.15, 0.2) is 6.61 Å². The van der Waals surface area contributed by atoms with Gasteiger partial charge in [-0.05, 0) is 49.7 Å². The molecule has 0 aliphatic rings. The average molecular weight is 404 g/mol. The number of rotatable bonds is 8. The molecule has 2 aromatic carbocycles. The number of aryl methyl sites for hydroxylation is 2. The van der Waals surface area contributed by atoms with Gasteiger partial charge in [-0.3, -0.25) is 14.4 Å². The lowest BCUT2D eigenvalue weighted by molar-refractivity contribution is -0.144. The molecule has 6 nitrogen and oxygen atoms in total. The summed E-state index contributed by atoms with van der Waals surface area (Å²) in [6.07, 6.45) is 0. The first-order valence-electron chi connectivity index (χ1n) is 8.49. The lowest BCUT2D eigenvalue weighted by atomic mass is 10.1. The van der Waals surface area contributed by atoms with Crippen LogP contribution < -0.4 is 10.6 Å². The predicted molar refractivity (Wildman–Crippen MR) is 108 cm³/mol. The molecule has 0 aliphatic carbocycles. The molecule has 0 atom stereocenters. The number of halogens is 1. The lowest BCUT2D eigenvalue weighted by Crippen LogP contribution is -2.22. The van der Waals surface area contributed by atoms with Gasteiger partial charge in [0.25, 0.3) is 5.91 Å². The van der Waals surface area contributed by atoms with E-state index in [0.717, 1.165) is 22.9 Å². The maximum Gasteiger partial charge on any atom is 0.316 e. The number of nitrogens with one attached hydrogen (secondary N) is 2. The Bertz CT molecular complexity index is 856. The number of ether oxygens (including phenoxy) is 1. The number of benzene rings is 2. The third-order valence-electron chi connectivity index (χ3n) is 3.60. The van der Waals surface area contributed by atoms with E-state index in [4.69, 9.17) is 4.74 Å². The smallest absolute Gasteiger partial charge is 0.316 e. The lowest BCUT2D eigenvalue weighted by Gasteiger charge is -2.09. The molecule has 8 heteroatoms. The number of amides is 2. The number of anilines is 2. The summed E-state index contributed by atoms with van der Waals surface area (Å²) < 4.78 is 17.7. The first-order valence-corrected chi connectivity index (χ1v) is 9.65. The minimum Gasteiger partial charge on any atom is -0.455 e. The van der Waals surface area contributed by atoms with Crippen LogP contribution in [0.15, 0.2) is 42.5 Å². The van der Waals surface area contributed by atoms with Crippen LogP contribution >= 0.6 is 11.8 Å². The molecule has 28 heavy (non-hydrogen) atoms. The molecule has 0 aromatic heterocycles. The summed E-state index contributed by atoms with van der Waals surface area (Å²) in [5, 5.41) is 5.27. The van der Waals surface area contributed by atoms with Gasteiger partial charge in [0, 0.05) is 11.4 Å². The van der Waals surface area contributed by atoms with Gasteiger partial charge in [0.05, 0.1) is 11.5 Å². The second kappa shape index (κ2) is 10.5. The standard InChI is InChI=1S/C20H21FN2O4S/c1-13-3-8-17(14(2)9-13)23-18(24)10-27-20(26)12-28-11-19(25)22-16-6-4-15(21)5-7-16/h3-9H,10-12H2,1-2H3,(H,22,25)(H,23,24). The molecule has 2 aromatic rings. The van der Waals surface area contributed by atoms with Crippen LogP contribution in [0.1, 0.15) is 11.1 Å². The molecule has 0 saturated heterocycles. The molecule has 0 spiro atoms. The van der Waals surface area contributed by atoms with Crippen LogP contribution in [0.5, 0.6) is 0 Å². The van der Waals surface area contributed by atoms with Crippen LogP contribution in [-0.2, 0) is 19.1 Å². The molecule has 0 saturated carbocycles. The quantitative estimate of drug-likeness (QED) is 0.660. The van der Waals surface area contributed by atoms with Crippen LogP contribution in [0, 0.1) is 19.7 Å². The third-order valence-corrected chi connectivity index (χ3v) is 4.51. The van der Waals surface area contributed by atoms with Gasteiger partial charge < -0.3 is 15.4 Å². The third kappa shape index (κ3) is 7.40. The summed E-state index contributed by atoms with van der Waals surface area (Å²) in [5.74, 6) is -1.77. The predicted octanol–water partition coefficient (Wildman–Crippen LogP) is 3.30. The second-order valence-electron chi connectivity index (χ2n) is 6.08. The summed E-state index contributed by atoms with van der Waals surface area (Å²) in [4.78, 5) is 35.3. The van der Waals surface area contributed by atoms with E-state index in [0.29, 0.717) is 11.4 Å². The highest BCUT2D eigenvalue weighted by Gasteiger charge is 2.11. The van der Waals surface area contributed by atoms with Crippen LogP contribution in [0.4, 0.5) is 15.8 Å². The van der Waals surface area contributed by atoms with Crippen molar-refractivity contribution < 1.29 is 23.5 Å². The van der Waals surface area contributed by atoms with E-state index in [1.165, 1.54) is 24.3 Å². The molecule has 0 radical (unpaired) electrons. The zero-order valence-corrected chi connectivity index (χ0v) is 16.4. The highest BCUT2D eigenvalue weighted by molar-refractivity contribution is 8.00. The van der Waals surface area contributed by atoms with Crippen LogP contribution in [0.3, 0.4) is 0 Å². The molecular weight excluding hydrogens is 383 g/mol. The first kappa shape index (κ1) is 21.4. The fourth-order valence-corrected chi connectivity index (χ4v) is 2.89.